The molecule has 11 aromatic rings. The first-order valence-electron chi connectivity index (χ1n) is 17.2. The van der Waals surface area contributed by atoms with Crippen molar-refractivity contribution in [1.29, 1.82) is 0 Å². The van der Waals surface area contributed by atoms with Crippen LogP contribution < -0.4 is 0 Å². The minimum atomic E-state index is 0.610. The average molecular weight is 653 g/mol. The molecule has 238 valence electrons. The largest absolute Gasteiger partial charge is 0.454 e. The number of benzene rings is 7. The summed E-state index contributed by atoms with van der Waals surface area (Å²) in [6.45, 7) is 0. The van der Waals surface area contributed by atoms with Crippen molar-refractivity contribution in [3.8, 4) is 34.2 Å². The molecule has 4 heterocycles. The molecule has 0 amide bonds. The fourth-order valence-electron chi connectivity index (χ4n) is 7.99. The summed E-state index contributed by atoms with van der Waals surface area (Å²) in [5.41, 5.74) is 10.8. The van der Waals surface area contributed by atoms with Gasteiger partial charge in [0.2, 0.25) is 5.95 Å². The van der Waals surface area contributed by atoms with E-state index in [-0.39, 0.29) is 0 Å². The van der Waals surface area contributed by atoms with Gasteiger partial charge in [-0.1, -0.05) is 133 Å². The number of aromatic nitrogens is 4. The van der Waals surface area contributed by atoms with Crippen LogP contribution in [0.5, 0.6) is 0 Å². The SMILES string of the molecule is c1ccc(-c2cc(-c3ccccc3)nc(-n3c4ccccc4c4c5c6ccccc6n(-c6ccccc6)c5c5oc6ccccc6c5c43)n2)cc1. The molecule has 0 N–H and O–H groups in total. The second kappa shape index (κ2) is 10.8. The van der Waals surface area contributed by atoms with Gasteiger partial charge in [-0.2, -0.15) is 0 Å². The molecule has 0 aliphatic heterocycles. The van der Waals surface area contributed by atoms with Gasteiger partial charge >= 0.3 is 0 Å². The van der Waals surface area contributed by atoms with Crippen LogP contribution in [0.15, 0.2) is 174 Å². The third-order valence-corrected chi connectivity index (χ3v) is 10.1. The molecule has 0 atom stereocenters. The van der Waals surface area contributed by atoms with Gasteiger partial charge < -0.3 is 8.98 Å². The van der Waals surface area contributed by atoms with Gasteiger partial charge in [-0.15, -0.1) is 0 Å². The Bertz CT molecular complexity index is 3060. The van der Waals surface area contributed by atoms with Gasteiger partial charge in [0.05, 0.1) is 38.8 Å². The number of rotatable bonds is 4. The molecule has 0 radical (unpaired) electrons. The molecule has 0 fully saturated rings. The zero-order valence-corrected chi connectivity index (χ0v) is 27.4. The van der Waals surface area contributed by atoms with Crippen LogP contribution in [-0.2, 0) is 0 Å². The van der Waals surface area contributed by atoms with Crippen molar-refractivity contribution >= 4 is 65.6 Å². The van der Waals surface area contributed by atoms with E-state index in [1.54, 1.807) is 0 Å². The number of fused-ring (bicyclic) bond motifs is 12. The quantitative estimate of drug-likeness (QED) is 0.190. The predicted molar refractivity (Wildman–Crippen MR) is 209 cm³/mol. The monoisotopic (exact) mass is 652 g/mol. The zero-order valence-electron chi connectivity index (χ0n) is 27.4. The van der Waals surface area contributed by atoms with Gasteiger partial charge in [-0.05, 0) is 36.4 Å². The molecule has 0 spiro atoms. The number of para-hydroxylation sites is 4. The fraction of sp³-hybridized carbons (Fsp3) is 0. The maximum Gasteiger partial charge on any atom is 0.235 e. The third kappa shape index (κ3) is 4.03. The molecule has 0 aliphatic rings. The van der Waals surface area contributed by atoms with Gasteiger partial charge in [0.1, 0.15) is 5.58 Å². The second-order valence-corrected chi connectivity index (χ2v) is 13.0. The maximum absolute atomic E-state index is 6.96. The van der Waals surface area contributed by atoms with Gasteiger partial charge in [-0.25, -0.2) is 9.97 Å². The summed E-state index contributed by atoms with van der Waals surface area (Å²) in [7, 11) is 0. The number of hydrogen-bond donors (Lipinski definition) is 0. The molecular weight excluding hydrogens is 625 g/mol. The molecule has 5 heteroatoms. The van der Waals surface area contributed by atoms with E-state index in [4.69, 9.17) is 14.4 Å². The van der Waals surface area contributed by atoms with Crippen molar-refractivity contribution in [3.05, 3.63) is 170 Å². The topological polar surface area (TPSA) is 48.8 Å². The van der Waals surface area contributed by atoms with Crippen LogP contribution in [-0.4, -0.2) is 19.1 Å². The third-order valence-electron chi connectivity index (χ3n) is 10.1. The predicted octanol–water partition coefficient (Wildman–Crippen LogP) is 11.9. The molecular formula is C46H28N4O. The normalized spacial score (nSPS) is 11.9. The molecule has 11 rings (SSSR count). The Kier molecular flexibility index (Phi) is 5.89. The summed E-state index contributed by atoms with van der Waals surface area (Å²) in [4.78, 5) is 10.7. The van der Waals surface area contributed by atoms with Gasteiger partial charge in [-0.3, -0.25) is 4.57 Å². The molecule has 0 saturated heterocycles. The number of nitrogens with zero attached hydrogens (tertiary/aromatic N) is 4. The average Bonchev–Trinajstić information content (AvgIpc) is 3.87. The molecule has 0 saturated carbocycles. The van der Waals surface area contributed by atoms with Crippen molar-refractivity contribution in [3.63, 3.8) is 0 Å². The smallest absolute Gasteiger partial charge is 0.235 e. The Hall–Kier alpha value is -6.98. The molecule has 7 aromatic carbocycles. The first kappa shape index (κ1) is 27.9. The molecule has 0 unspecified atom stereocenters. The first-order valence-corrected chi connectivity index (χ1v) is 17.2. The highest BCUT2D eigenvalue weighted by Crippen LogP contribution is 2.49. The summed E-state index contributed by atoms with van der Waals surface area (Å²) in [6.07, 6.45) is 0. The highest BCUT2D eigenvalue weighted by molar-refractivity contribution is 6.39. The minimum Gasteiger partial charge on any atom is -0.454 e. The lowest BCUT2D eigenvalue weighted by Crippen LogP contribution is -2.04. The van der Waals surface area contributed by atoms with E-state index in [0.717, 1.165) is 93.8 Å². The standard InChI is InChI=1S/C46H28N4O/c1-4-16-29(17-5-1)35-28-36(30-18-6-2-7-19-30)48-46(47-35)50-38-26-14-11-23-33(38)40-41-32-22-10-13-25-37(32)49(31-20-8-3-9-21-31)44(41)45-42(43(40)50)34-24-12-15-27-39(34)51-45/h1-28H. The van der Waals surface area contributed by atoms with Crippen molar-refractivity contribution in [2.24, 2.45) is 0 Å². The van der Waals surface area contributed by atoms with Gasteiger partial charge in [0, 0.05) is 43.7 Å². The van der Waals surface area contributed by atoms with E-state index in [1.165, 1.54) is 0 Å². The molecule has 4 aromatic heterocycles. The van der Waals surface area contributed by atoms with Crippen molar-refractivity contribution in [1.82, 2.24) is 19.1 Å². The summed E-state index contributed by atoms with van der Waals surface area (Å²) >= 11 is 0. The number of furan rings is 1. The van der Waals surface area contributed by atoms with Crippen molar-refractivity contribution in [2.45, 2.75) is 0 Å². The van der Waals surface area contributed by atoms with E-state index in [1.807, 2.05) is 18.2 Å². The lowest BCUT2D eigenvalue weighted by molar-refractivity contribution is 0.671. The van der Waals surface area contributed by atoms with Crippen LogP contribution in [0.25, 0.3) is 99.7 Å². The van der Waals surface area contributed by atoms with E-state index in [0.29, 0.717) is 5.95 Å². The Balaban J connectivity index is 1.40. The summed E-state index contributed by atoms with van der Waals surface area (Å²) in [6, 6.07) is 59.1. The summed E-state index contributed by atoms with van der Waals surface area (Å²) < 4.78 is 11.6. The Labute approximate surface area is 292 Å². The van der Waals surface area contributed by atoms with E-state index >= 15 is 0 Å². The molecule has 0 aliphatic carbocycles. The van der Waals surface area contributed by atoms with E-state index in [9.17, 15) is 0 Å². The van der Waals surface area contributed by atoms with Crippen LogP contribution >= 0.6 is 0 Å². The highest BCUT2D eigenvalue weighted by Gasteiger charge is 2.28. The zero-order chi connectivity index (χ0) is 33.5. The lowest BCUT2D eigenvalue weighted by atomic mass is 10.0. The second-order valence-electron chi connectivity index (χ2n) is 13.0. The van der Waals surface area contributed by atoms with Gasteiger partial charge in [0.25, 0.3) is 0 Å². The van der Waals surface area contributed by atoms with Crippen LogP contribution in [0.3, 0.4) is 0 Å². The van der Waals surface area contributed by atoms with Crippen LogP contribution in [0, 0.1) is 0 Å². The summed E-state index contributed by atoms with van der Waals surface area (Å²) in [5.74, 6) is 0.610. The van der Waals surface area contributed by atoms with Crippen LogP contribution in [0.1, 0.15) is 0 Å². The maximum atomic E-state index is 6.96. The molecule has 5 nitrogen and oxygen atoms in total. The van der Waals surface area contributed by atoms with Crippen LogP contribution in [0.2, 0.25) is 0 Å². The van der Waals surface area contributed by atoms with Crippen molar-refractivity contribution < 1.29 is 4.42 Å². The Morgan fingerprint density at radius 3 is 1.53 bits per heavy atom. The first-order chi connectivity index (χ1) is 25.3. The molecule has 0 bridgehead atoms. The van der Waals surface area contributed by atoms with Gasteiger partial charge in [0.15, 0.2) is 5.58 Å². The Morgan fingerprint density at radius 1 is 0.412 bits per heavy atom. The lowest BCUT2D eigenvalue weighted by Gasteiger charge is -2.13. The Morgan fingerprint density at radius 2 is 0.902 bits per heavy atom. The van der Waals surface area contributed by atoms with E-state index < -0.39 is 0 Å². The van der Waals surface area contributed by atoms with E-state index in [2.05, 4.69) is 161 Å². The molecule has 51 heavy (non-hydrogen) atoms. The highest BCUT2D eigenvalue weighted by atomic mass is 16.3. The minimum absolute atomic E-state index is 0.610. The van der Waals surface area contributed by atoms with Crippen molar-refractivity contribution in [2.75, 3.05) is 0 Å². The van der Waals surface area contributed by atoms with Crippen LogP contribution in [0.4, 0.5) is 0 Å². The summed E-state index contributed by atoms with van der Waals surface area (Å²) in [5, 5.41) is 6.69. The number of hydrogen-bond acceptors (Lipinski definition) is 3. The fourth-order valence-corrected chi connectivity index (χ4v) is 7.99.